The average molecular weight is 185 g/mol. The molecule has 2 nitrogen and oxygen atoms in total. The first-order chi connectivity index (χ1) is 5.92. The largest absolute Gasteiger partial charge is 0.388 e. The van der Waals surface area contributed by atoms with Gasteiger partial charge in [-0.25, -0.2) is 0 Å². The highest BCUT2D eigenvalue weighted by Gasteiger charge is 2.45. The molecule has 0 radical (unpaired) electrons. The second-order valence-electron chi connectivity index (χ2n) is 5.36. The topological polar surface area (TPSA) is 46.2 Å². The lowest BCUT2D eigenvalue weighted by atomic mass is 9.68. The summed E-state index contributed by atoms with van der Waals surface area (Å²) < 4.78 is 0. The summed E-state index contributed by atoms with van der Waals surface area (Å²) in [4.78, 5) is 0. The van der Waals surface area contributed by atoms with Gasteiger partial charge in [-0.3, -0.25) is 0 Å². The van der Waals surface area contributed by atoms with Crippen LogP contribution in [0.5, 0.6) is 0 Å². The van der Waals surface area contributed by atoms with Crippen molar-refractivity contribution in [2.75, 3.05) is 6.54 Å². The summed E-state index contributed by atoms with van der Waals surface area (Å²) in [6.07, 6.45) is 4.79. The van der Waals surface area contributed by atoms with Crippen molar-refractivity contribution in [3.8, 4) is 0 Å². The van der Waals surface area contributed by atoms with Crippen molar-refractivity contribution < 1.29 is 5.11 Å². The van der Waals surface area contributed by atoms with E-state index in [4.69, 9.17) is 5.73 Å². The molecule has 78 valence electrons. The van der Waals surface area contributed by atoms with Crippen molar-refractivity contribution in [2.24, 2.45) is 17.1 Å². The minimum absolute atomic E-state index is 0.100. The molecule has 0 amide bonds. The van der Waals surface area contributed by atoms with E-state index in [0.29, 0.717) is 12.5 Å². The van der Waals surface area contributed by atoms with E-state index >= 15 is 0 Å². The molecule has 13 heavy (non-hydrogen) atoms. The molecule has 0 aromatic rings. The molecule has 3 N–H and O–H groups in total. The van der Waals surface area contributed by atoms with E-state index in [-0.39, 0.29) is 5.41 Å². The van der Waals surface area contributed by atoms with E-state index in [1.54, 1.807) is 0 Å². The van der Waals surface area contributed by atoms with Crippen LogP contribution >= 0.6 is 0 Å². The van der Waals surface area contributed by atoms with Gasteiger partial charge in [0.05, 0.1) is 5.60 Å². The number of rotatable bonds is 2. The molecular formula is C11H23NO. The molecule has 1 aliphatic carbocycles. The third kappa shape index (κ3) is 1.89. The summed E-state index contributed by atoms with van der Waals surface area (Å²) in [7, 11) is 0. The smallest absolute Gasteiger partial charge is 0.0845 e. The average Bonchev–Trinajstić information content (AvgIpc) is 2.52. The number of hydrogen-bond acceptors (Lipinski definition) is 2. The molecule has 1 saturated carbocycles. The van der Waals surface area contributed by atoms with Crippen LogP contribution < -0.4 is 5.73 Å². The van der Waals surface area contributed by atoms with E-state index in [1.807, 2.05) is 0 Å². The van der Waals surface area contributed by atoms with Gasteiger partial charge in [0.1, 0.15) is 0 Å². The molecule has 0 spiro atoms. The molecule has 0 bridgehead atoms. The second-order valence-corrected chi connectivity index (χ2v) is 5.36. The molecule has 1 fully saturated rings. The molecule has 0 aromatic carbocycles. The third-order valence-electron chi connectivity index (χ3n) is 3.64. The zero-order chi connectivity index (χ0) is 10.1. The van der Waals surface area contributed by atoms with Crippen LogP contribution in [-0.4, -0.2) is 17.3 Å². The van der Waals surface area contributed by atoms with Crippen LogP contribution in [0.4, 0.5) is 0 Å². The number of nitrogens with two attached hydrogens (primary N) is 1. The van der Waals surface area contributed by atoms with Crippen LogP contribution in [0.2, 0.25) is 0 Å². The summed E-state index contributed by atoms with van der Waals surface area (Å²) in [5, 5.41) is 10.5. The van der Waals surface area contributed by atoms with Crippen LogP contribution in [0.15, 0.2) is 0 Å². The first kappa shape index (κ1) is 11.0. The van der Waals surface area contributed by atoms with Crippen molar-refractivity contribution in [1.29, 1.82) is 0 Å². The van der Waals surface area contributed by atoms with E-state index in [1.165, 1.54) is 12.8 Å². The Morgan fingerprint density at radius 1 is 1.23 bits per heavy atom. The van der Waals surface area contributed by atoms with Gasteiger partial charge in [-0.2, -0.15) is 0 Å². The molecule has 1 aliphatic rings. The summed E-state index contributed by atoms with van der Waals surface area (Å²) in [6.45, 7) is 6.63. The maximum absolute atomic E-state index is 10.5. The second kappa shape index (κ2) is 3.58. The first-order valence-corrected chi connectivity index (χ1v) is 5.34. The molecule has 1 rings (SSSR count). The van der Waals surface area contributed by atoms with Crippen molar-refractivity contribution in [1.82, 2.24) is 0 Å². The standard InChI is InChI=1S/C11H23NO/c1-10(2,3)11(13,8-12)9-6-4-5-7-9/h9,13H,4-8,12H2,1-3H3. The third-order valence-corrected chi connectivity index (χ3v) is 3.64. The molecule has 0 aliphatic heterocycles. The zero-order valence-corrected chi connectivity index (χ0v) is 9.14. The quantitative estimate of drug-likeness (QED) is 0.690. The first-order valence-electron chi connectivity index (χ1n) is 5.34. The van der Waals surface area contributed by atoms with Gasteiger partial charge < -0.3 is 10.8 Å². The van der Waals surface area contributed by atoms with Crippen LogP contribution in [0.3, 0.4) is 0 Å². The lowest BCUT2D eigenvalue weighted by Gasteiger charge is -2.44. The van der Waals surface area contributed by atoms with Crippen molar-refractivity contribution >= 4 is 0 Å². The highest BCUT2D eigenvalue weighted by Crippen LogP contribution is 2.43. The minimum Gasteiger partial charge on any atom is -0.388 e. The Labute approximate surface area is 81.5 Å². The minimum atomic E-state index is -0.663. The van der Waals surface area contributed by atoms with Crippen LogP contribution in [0, 0.1) is 11.3 Å². The van der Waals surface area contributed by atoms with Crippen molar-refractivity contribution in [2.45, 2.75) is 52.1 Å². The van der Waals surface area contributed by atoms with Gasteiger partial charge >= 0.3 is 0 Å². The predicted octanol–water partition coefficient (Wildman–Crippen LogP) is 1.91. The SMILES string of the molecule is CC(C)(C)C(O)(CN)C1CCCC1. The highest BCUT2D eigenvalue weighted by molar-refractivity contribution is 4.98. The Balaban J connectivity index is 2.79. The Morgan fingerprint density at radius 3 is 2.00 bits per heavy atom. The lowest BCUT2D eigenvalue weighted by molar-refractivity contribution is -0.0948. The lowest BCUT2D eigenvalue weighted by Crippen LogP contribution is -2.54. The normalized spacial score (nSPS) is 24.7. The van der Waals surface area contributed by atoms with Crippen molar-refractivity contribution in [3.05, 3.63) is 0 Å². The van der Waals surface area contributed by atoms with Crippen LogP contribution in [0.1, 0.15) is 46.5 Å². The van der Waals surface area contributed by atoms with Crippen LogP contribution in [0.25, 0.3) is 0 Å². The number of hydrogen-bond donors (Lipinski definition) is 2. The van der Waals surface area contributed by atoms with Gasteiger partial charge in [-0.1, -0.05) is 33.6 Å². The van der Waals surface area contributed by atoms with Gasteiger partial charge in [0, 0.05) is 6.54 Å². The van der Waals surface area contributed by atoms with E-state index in [2.05, 4.69) is 20.8 Å². The van der Waals surface area contributed by atoms with E-state index in [0.717, 1.165) is 12.8 Å². The Bertz CT molecular complexity index is 167. The van der Waals surface area contributed by atoms with Crippen LogP contribution in [-0.2, 0) is 0 Å². The summed E-state index contributed by atoms with van der Waals surface area (Å²) in [5.74, 6) is 0.414. The maximum atomic E-state index is 10.5. The fourth-order valence-electron chi connectivity index (χ4n) is 2.49. The van der Waals surface area contributed by atoms with Gasteiger partial charge in [-0.05, 0) is 24.2 Å². The summed E-state index contributed by atoms with van der Waals surface area (Å²) in [6, 6.07) is 0. The van der Waals surface area contributed by atoms with Crippen molar-refractivity contribution in [3.63, 3.8) is 0 Å². The predicted molar refractivity (Wildman–Crippen MR) is 55.4 cm³/mol. The Kier molecular flexibility index (Phi) is 3.03. The highest BCUT2D eigenvalue weighted by atomic mass is 16.3. The van der Waals surface area contributed by atoms with Gasteiger partial charge in [0.25, 0.3) is 0 Å². The summed E-state index contributed by atoms with van der Waals surface area (Å²) in [5.41, 5.74) is 4.96. The van der Waals surface area contributed by atoms with Gasteiger partial charge in [-0.15, -0.1) is 0 Å². The molecule has 0 aromatic heterocycles. The molecule has 0 saturated heterocycles. The molecular weight excluding hydrogens is 162 g/mol. The summed E-state index contributed by atoms with van der Waals surface area (Å²) >= 11 is 0. The monoisotopic (exact) mass is 185 g/mol. The fraction of sp³-hybridized carbons (Fsp3) is 1.00. The fourth-order valence-corrected chi connectivity index (χ4v) is 2.49. The molecule has 1 unspecified atom stereocenters. The Morgan fingerprint density at radius 2 is 1.69 bits per heavy atom. The maximum Gasteiger partial charge on any atom is 0.0845 e. The van der Waals surface area contributed by atoms with E-state index < -0.39 is 5.60 Å². The molecule has 0 heterocycles. The van der Waals surface area contributed by atoms with Gasteiger partial charge in [0.2, 0.25) is 0 Å². The zero-order valence-electron chi connectivity index (χ0n) is 9.14. The number of aliphatic hydroxyl groups is 1. The molecule has 1 atom stereocenters. The Hall–Kier alpha value is -0.0800. The molecule has 2 heteroatoms. The van der Waals surface area contributed by atoms with E-state index in [9.17, 15) is 5.11 Å². The van der Waals surface area contributed by atoms with Gasteiger partial charge in [0.15, 0.2) is 0 Å².